The largest absolute Gasteiger partial charge is 0.622 e. The van der Waals surface area contributed by atoms with Crippen LogP contribution in [0, 0.1) is 11.1 Å². The third-order valence-corrected chi connectivity index (χ3v) is 6.21. The molecular formula is C15H20N4O4. The van der Waals surface area contributed by atoms with Crippen LogP contribution in [0.2, 0.25) is 0 Å². The highest BCUT2D eigenvalue weighted by Crippen LogP contribution is 2.56. The van der Waals surface area contributed by atoms with E-state index in [1.165, 1.54) is 0 Å². The predicted octanol–water partition coefficient (Wildman–Crippen LogP) is -0.00310. The minimum atomic E-state index is -1.33. The normalized spacial score (nSPS) is 40.1. The summed E-state index contributed by atoms with van der Waals surface area (Å²) >= 11 is 0. The molecule has 0 radical (unpaired) electrons. The third-order valence-electron chi connectivity index (χ3n) is 6.21. The van der Waals surface area contributed by atoms with Gasteiger partial charge in [0.05, 0.1) is 19.1 Å². The van der Waals surface area contributed by atoms with Gasteiger partial charge in [0, 0.05) is 32.4 Å². The average Bonchev–Trinajstić information content (AvgIpc) is 3.26. The van der Waals surface area contributed by atoms with Gasteiger partial charge in [-0.3, -0.25) is 0 Å². The maximum absolute atomic E-state index is 13.3. The van der Waals surface area contributed by atoms with Gasteiger partial charge in [-0.25, -0.2) is 9.53 Å². The summed E-state index contributed by atoms with van der Waals surface area (Å²) in [4.78, 5) is 2.22. The summed E-state index contributed by atoms with van der Waals surface area (Å²) in [5, 5.41) is 32.8. The number of fused-ring (bicyclic) bond motifs is 5. The van der Waals surface area contributed by atoms with Crippen LogP contribution in [0.3, 0.4) is 0 Å². The van der Waals surface area contributed by atoms with E-state index in [1.54, 1.807) is 0 Å². The number of hydroxylamine groups is 1. The van der Waals surface area contributed by atoms with Crippen LogP contribution in [0.15, 0.2) is 4.63 Å². The molecule has 1 saturated carbocycles. The minimum Gasteiger partial charge on any atom is -0.622 e. The van der Waals surface area contributed by atoms with Gasteiger partial charge >= 0.3 is 0 Å². The molecule has 4 aliphatic rings. The van der Waals surface area contributed by atoms with E-state index in [2.05, 4.69) is 15.2 Å². The van der Waals surface area contributed by atoms with E-state index >= 15 is 0 Å². The second kappa shape index (κ2) is 4.52. The summed E-state index contributed by atoms with van der Waals surface area (Å²) in [6.07, 6.45) is 3.62. The molecule has 8 heteroatoms. The van der Waals surface area contributed by atoms with E-state index in [0.29, 0.717) is 43.2 Å². The molecule has 1 aromatic heterocycles. The lowest BCUT2D eigenvalue weighted by Crippen LogP contribution is -2.60. The highest BCUT2D eigenvalue weighted by molar-refractivity contribution is 5.92. The molecule has 3 heterocycles. The fourth-order valence-corrected chi connectivity index (χ4v) is 5.30. The van der Waals surface area contributed by atoms with Gasteiger partial charge in [0.15, 0.2) is 5.69 Å². The molecule has 0 amide bonds. The third kappa shape index (κ3) is 1.49. The van der Waals surface area contributed by atoms with Gasteiger partial charge in [-0.15, -0.1) is 0 Å². The Balaban J connectivity index is 1.69. The van der Waals surface area contributed by atoms with Crippen LogP contribution in [0.1, 0.15) is 37.1 Å². The smallest absolute Gasteiger partial charge is 0.235 e. The predicted molar refractivity (Wildman–Crippen MR) is 77.6 cm³/mol. The Morgan fingerprint density at radius 3 is 2.91 bits per heavy atom. The van der Waals surface area contributed by atoms with Crippen molar-refractivity contribution in [3.05, 3.63) is 16.6 Å². The molecule has 0 bridgehead atoms. The average molecular weight is 320 g/mol. The quantitative estimate of drug-likeness (QED) is 0.574. The van der Waals surface area contributed by atoms with Crippen LogP contribution in [0.5, 0.6) is 0 Å². The van der Waals surface area contributed by atoms with E-state index in [4.69, 9.17) is 9.37 Å². The van der Waals surface area contributed by atoms with Crippen molar-refractivity contribution in [2.75, 3.05) is 26.3 Å². The van der Waals surface area contributed by atoms with E-state index in [9.17, 15) is 10.3 Å². The second-order valence-electron chi connectivity index (χ2n) is 6.99. The fourth-order valence-electron chi connectivity index (χ4n) is 5.30. The number of aromatic nitrogens is 2. The number of aliphatic hydroxyl groups is 1. The molecule has 23 heavy (non-hydrogen) atoms. The first-order chi connectivity index (χ1) is 11.2. The van der Waals surface area contributed by atoms with Crippen LogP contribution < -0.4 is 0 Å². The van der Waals surface area contributed by atoms with Crippen molar-refractivity contribution in [2.45, 2.75) is 43.4 Å². The Hall–Kier alpha value is -1.51. The molecular weight excluding hydrogens is 300 g/mol. The highest BCUT2D eigenvalue weighted by Gasteiger charge is 2.73. The topological polar surface area (TPSA) is 97.7 Å². The number of ether oxygens (including phenoxy) is 1. The number of hydrogen-bond donors (Lipinski definition) is 1. The molecule has 124 valence electrons. The Bertz CT molecular complexity index is 683. The zero-order chi connectivity index (χ0) is 15.7. The molecule has 0 aromatic carbocycles. The lowest BCUT2D eigenvalue weighted by atomic mass is 9.73. The molecule has 0 spiro atoms. The Kier molecular flexibility index (Phi) is 2.73. The maximum atomic E-state index is 13.3. The van der Waals surface area contributed by atoms with Gasteiger partial charge < -0.3 is 15.1 Å². The number of rotatable bonds is 1. The Morgan fingerprint density at radius 1 is 1.26 bits per heavy atom. The van der Waals surface area contributed by atoms with E-state index < -0.39 is 11.3 Å². The highest BCUT2D eigenvalue weighted by atomic mass is 16.6. The summed E-state index contributed by atoms with van der Waals surface area (Å²) in [7, 11) is 0. The molecule has 3 atom stereocenters. The van der Waals surface area contributed by atoms with Crippen LogP contribution in [0.4, 0.5) is 0 Å². The molecule has 1 saturated heterocycles. The summed E-state index contributed by atoms with van der Waals surface area (Å²) in [6, 6.07) is 0. The van der Waals surface area contributed by atoms with Crippen molar-refractivity contribution >= 4 is 5.71 Å². The van der Waals surface area contributed by atoms with Crippen LogP contribution in [-0.4, -0.2) is 62.7 Å². The summed E-state index contributed by atoms with van der Waals surface area (Å²) in [5.74, 6) is -0.188. The number of aryl methyl sites for hydroxylation is 1. The number of nitrogens with zero attached hydrogens (tertiary/aromatic N) is 4. The zero-order valence-corrected chi connectivity index (χ0v) is 12.9. The summed E-state index contributed by atoms with van der Waals surface area (Å²) < 4.78 is 11.5. The van der Waals surface area contributed by atoms with E-state index in [1.807, 2.05) is 0 Å². The monoisotopic (exact) mass is 320 g/mol. The summed E-state index contributed by atoms with van der Waals surface area (Å²) in [5.41, 5.74) is -0.314. The van der Waals surface area contributed by atoms with Crippen molar-refractivity contribution in [1.29, 1.82) is 0 Å². The zero-order valence-electron chi connectivity index (χ0n) is 12.9. The number of morpholine rings is 1. The van der Waals surface area contributed by atoms with E-state index in [-0.39, 0.29) is 5.92 Å². The van der Waals surface area contributed by atoms with Crippen LogP contribution >= 0.6 is 0 Å². The lowest BCUT2D eigenvalue weighted by molar-refractivity contribution is -0.583. The Morgan fingerprint density at radius 2 is 2.09 bits per heavy atom. The molecule has 5 rings (SSSR count). The van der Waals surface area contributed by atoms with Crippen LogP contribution in [0.25, 0.3) is 0 Å². The minimum absolute atomic E-state index is 0.188. The van der Waals surface area contributed by atoms with Crippen molar-refractivity contribution in [3.8, 4) is 0 Å². The van der Waals surface area contributed by atoms with Gasteiger partial charge in [0.1, 0.15) is 5.69 Å². The van der Waals surface area contributed by atoms with Crippen LogP contribution in [-0.2, 0) is 16.8 Å². The molecule has 0 unspecified atom stereocenters. The van der Waals surface area contributed by atoms with Crippen molar-refractivity contribution in [2.24, 2.45) is 5.92 Å². The lowest BCUT2D eigenvalue weighted by Gasteiger charge is -2.42. The molecule has 2 aliphatic carbocycles. The van der Waals surface area contributed by atoms with E-state index in [0.717, 1.165) is 37.1 Å². The first-order valence-electron chi connectivity index (χ1n) is 8.40. The fraction of sp³-hybridized carbons (Fsp3) is 0.800. The van der Waals surface area contributed by atoms with Gasteiger partial charge in [0.25, 0.3) is 0 Å². The van der Waals surface area contributed by atoms with Crippen molar-refractivity contribution in [1.82, 2.24) is 15.2 Å². The van der Waals surface area contributed by atoms with Gasteiger partial charge in [-0.2, -0.15) is 4.74 Å². The second-order valence-corrected chi connectivity index (χ2v) is 6.99. The molecule has 1 aromatic rings. The number of hydrogen-bond acceptors (Lipinski definition) is 7. The Labute approximate surface area is 133 Å². The van der Waals surface area contributed by atoms with Gasteiger partial charge in [0.2, 0.25) is 17.0 Å². The first-order valence-corrected chi connectivity index (χ1v) is 8.40. The molecule has 8 nitrogen and oxygen atoms in total. The van der Waals surface area contributed by atoms with Crippen molar-refractivity contribution < 1.29 is 19.2 Å². The molecule has 1 N–H and O–H groups in total. The maximum Gasteiger partial charge on any atom is 0.235 e. The summed E-state index contributed by atoms with van der Waals surface area (Å²) in [6.45, 7) is 2.71. The molecule has 2 fully saturated rings. The van der Waals surface area contributed by atoms with Crippen molar-refractivity contribution in [3.63, 3.8) is 0 Å². The standard InChI is InChI=1S/C15H20N4O4/c20-15-11-2-1-5-14(11,18-6-8-22-9-7-18)19(21)12(15)4-3-10-13(15)17-23-16-10/h11,20H,1-9H2/t11-,14-,15+/m1/s1. The SMILES string of the molecule is [O-][N+]1=C2CCc3nonc3[C@]2(O)[C@@H]2CCC[C@]21N1CCOCC1. The first kappa shape index (κ1) is 13.9. The van der Waals surface area contributed by atoms with Gasteiger partial charge in [-0.05, 0) is 12.8 Å². The molecule has 2 aliphatic heterocycles. The van der Waals surface area contributed by atoms with Gasteiger partial charge in [-0.1, -0.05) is 10.3 Å².